The van der Waals surface area contributed by atoms with E-state index in [0.29, 0.717) is 5.02 Å². The first-order valence-corrected chi connectivity index (χ1v) is 9.20. The summed E-state index contributed by atoms with van der Waals surface area (Å²) in [4.78, 5) is 0.214. The number of hydrogen-bond acceptors (Lipinski definition) is 2. The van der Waals surface area contributed by atoms with Crippen LogP contribution in [0.25, 0.3) is 0 Å². The van der Waals surface area contributed by atoms with Crippen molar-refractivity contribution in [2.24, 2.45) is 0 Å². The summed E-state index contributed by atoms with van der Waals surface area (Å²) in [6.07, 6.45) is 2.81. The zero-order valence-electron chi connectivity index (χ0n) is 12.3. The van der Waals surface area contributed by atoms with Gasteiger partial charge in [0.1, 0.15) is 0 Å². The molecule has 0 heterocycles. The molecule has 5 heteroatoms. The van der Waals surface area contributed by atoms with E-state index in [0.717, 1.165) is 30.4 Å². The van der Waals surface area contributed by atoms with Crippen molar-refractivity contribution in [3.05, 3.63) is 64.2 Å². The van der Waals surface area contributed by atoms with E-state index in [9.17, 15) is 8.42 Å². The summed E-state index contributed by atoms with van der Waals surface area (Å²) >= 11 is 6.05. The predicted octanol–water partition coefficient (Wildman–Crippen LogP) is 4.00. The Balaban J connectivity index is 1.91. The van der Waals surface area contributed by atoms with Gasteiger partial charge < -0.3 is 0 Å². The largest absolute Gasteiger partial charge is 0.241 e. The van der Waals surface area contributed by atoms with Crippen LogP contribution in [-0.4, -0.2) is 8.42 Å². The number of hydrogen-bond donors (Lipinski definition) is 1. The number of aryl methyl sites for hydroxylation is 2. The van der Waals surface area contributed by atoms with E-state index < -0.39 is 10.0 Å². The maximum Gasteiger partial charge on any atom is 0.241 e. The van der Waals surface area contributed by atoms with Crippen molar-refractivity contribution in [1.82, 2.24) is 4.72 Å². The molecular weight excluding hydrogens is 318 g/mol. The van der Waals surface area contributed by atoms with E-state index in [-0.39, 0.29) is 10.9 Å². The Bertz CT molecular complexity index is 802. The molecule has 22 heavy (non-hydrogen) atoms. The molecule has 0 amide bonds. The van der Waals surface area contributed by atoms with E-state index in [1.54, 1.807) is 12.1 Å². The quantitative estimate of drug-likeness (QED) is 0.921. The Kier molecular flexibility index (Phi) is 4.26. The van der Waals surface area contributed by atoms with Crippen LogP contribution in [0.5, 0.6) is 0 Å². The summed E-state index contributed by atoms with van der Waals surface area (Å²) < 4.78 is 28.0. The van der Waals surface area contributed by atoms with Crippen molar-refractivity contribution in [1.29, 1.82) is 0 Å². The second-order valence-corrected chi connectivity index (χ2v) is 7.80. The van der Waals surface area contributed by atoms with Crippen molar-refractivity contribution >= 4 is 21.6 Å². The van der Waals surface area contributed by atoms with Crippen LogP contribution in [0.3, 0.4) is 0 Å². The third-order valence-electron chi connectivity index (χ3n) is 4.12. The Morgan fingerprint density at radius 3 is 2.73 bits per heavy atom. The van der Waals surface area contributed by atoms with Crippen LogP contribution >= 0.6 is 11.6 Å². The lowest BCUT2D eigenvalue weighted by atomic mass is 9.88. The summed E-state index contributed by atoms with van der Waals surface area (Å²) in [5.41, 5.74) is 3.17. The van der Waals surface area contributed by atoms with Gasteiger partial charge in [0, 0.05) is 11.1 Å². The molecule has 1 atom stereocenters. The van der Waals surface area contributed by atoms with Gasteiger partial charge in [-0.05, 0) is 55.0 Å². The fourth-order valence-electron chi connectivity index (χ4n) is 2.87. The van der Waals surface area contributed by atoms with Crippen molar-refractivity contribution in [3.8, 4) is 0 Å². The van der Waals surface area contributed by atoms with Gasteiger partial charge in [-0.1, -0.05) is 41.9 Å². The molecule has 0 saturated heterocycles. The fraction of sp³-hybridized carbons (Fsp3) is 0.294. The highest BCUT2D eigenvalue weighted by Crippen LogP contribution is 2.31. The molecule has 0 spiro atoms. The monoisotopic (exact) mass is 335 g/mol. The van der Waals surface area contributed by atoms with Gasteiger partial charge in [-0.25, -0.2) is 13.1 Å². The molecule has 1 aliphatic rings. The number of nitrogens with one attached hydrogen (secondary N) is 1. The molecule has 0 bridgehead atoms. The van der Waals surface area contributed by atoms with Gasteiger partial charge in [0.15, 0.2) is 0 Å². The summed E-state index contributed by atoms with van der Waals surface area (Å²) in [5, 5.41) is 0.465. The summed E-state index contributed by atoms with van der Waals surface area (Å²) in [6.45, 7) is 1.85. The minimum Gasteiger partial charge on any atom is -0.207 e. The molecule has 0 radical (unpaired) electrons. The maximum atomic E-state index is 12.6. The van der Waals surface area contributed by atoms with Crippen molar-refractivity contribution in [2.45, 2.75) is 37.1 Å². The lowest BCUT2D eigenvalue weighted by Gasteiger charge is -2.26. The smallest absolute Gasteiger partial charge is 0.207 e. The van der Waals surface area contributed by atoms with Crippen LogP contribution in [0.1, 0.15) is 35.6 Å². The van der Waals surface area contributed by atoms with Crippen LogP contribution in [0.4, 0.5) is 0 Å². The molecule has 2 aromatic carbocycles. The molecule has 0 saturated carbocycles. The Morgan fingerprint density at radius 1 is 1.18 bits per heavy atom. The van der Waals surface area contributed by atoms with Gasteiger partial charge in [-0.15, -0.1) is 0 Å². The van der Waals surface area contributed by atoms with Crippen LogP contribution in [0.2, 0.25) is 5.02 Å². The molecular formula is C17H18ClNO2S. The summed E-state index contributed by atoms with van der Waals surface area (Å²) in [7, 11) is -3.58. The number of benzene rings is 2. The van der Waals surface area contributed by atoms with Crippen LogP contribution in [0, 0.1) is 6.92 Å². The molecule has 0 aromatic heterocycles. The first kappa shape index (κ1) is 15.5. The van der Waals surface area contributed by atoms with Crippen molar-refractivity contribution < 1.29 is 8.42 Å². The minimum atomic E-state index is -3.58. The second-order valence-electron chi connectivity index (χ2n) is 5.68. The zero-order valence-corrected chi connectivity index (χ0v) is 13.9. The molecule has 3 rings (SSSR count). The Labute approximate surface area is 136 Å². The van der Waals surface area contributed by atoms with Crippen LogP contribution in [-0.2, 0) is 16.4 Å². The summed E-state index contributed by atoms with van der Waals surface area (Å²) in [6, 6.07) is 12.7. The lowest BCUT2D eigenvalue weighted by molar-refractivity contribution is 0.507. The first-order valence-electron chi connectivity index (χ1n) is 7.34. The Morgan fingerprint density at radius 2 is 1.95 bits per heavy atom. The van der Waals surface area contributed by atoms with Crippen molar-refractivity contribution in [2.75, 3.05) is 0 Å². The second kappa shape index (κ2) is 6.03. The minimum absolute atomic E-state index is 0.171. The molecule has 116 valence electrons. The van der Waals surface area contributed by atoms with E-state index in [1.165, 1.54) is 11.6 Å². The molecule has 0 aliphatic heterocycles. The van der Waals surface area contributed by atoms with Gasteiger partial charge >= 0.3 is 0 Å². The highest BCUT2D eigenvalue weighted by Gasteiger charge is 2.25. The molecule has 3 nitrogen and oxygen atoms in total. The van der Waals surface area contributed by atoms with Gasteiger partial charge in [-0.3, -0.25) is 0 Å². The van der Waals surface area contributed by atoms with Crippen molar-refractivity contribution in [3.63, 3.8) is 0 Å². The van der Waals surface area contributed by atoms with Gasteiger partial charge in [0.2, 0.25) is 10.0 Å². The summed E-state index contributed by atoms with van der Waals surface area (Å²) in [5.74, 6) is 0. The Hall–Kier alpha value is -1.36. The SMILES string of the molecule is Cc1ccc(S(=O)(=O)NC2CCCc3ccccc32)cc1Cl. The average Bonchev–Trinajstić information content (AvgIpc) is 2.50. The van der Waals surface area contributed by atoms with Gasteiger partial charge in [0.25, 0.3) is 0 Å². The molecule has 1 unspecified atom stereocenters. The predicted molar refractivity (Wildman–Crippen MR) is 88.6 cm³/mol. The topological polar surface area (TPSA) is 46.2 Å². The van der Waals surface area contributed by atoms with Gasteiger partial charge in [-0.2, -0.15) is 0 Å². The van der Waals surface area contributed by atoms with Crippen LogP contribution < -0.4 is 4.72 Å². The normalized spacial score (nSPS) is 18.0. The van der Waals surface area contributed by atoms with E-state index in [4.69, 9.17) is 11.6 Å². The lowest BCUT2D eigenvalue weighted by Crippen LogP contribution is -2.31. The van der Waals surface area contributed by atoms with Crippen LogP contribution in [0.15, 0.2) is 47.4 Å². The third-order valence-corrected chi connectivity index (χ3v) is 6.00. The van der Waals surface area contributed by atoms with E-state index in [1.807, 2.05) is 25.1 Å². The van der Waals surface area contributed by atoms with E-state index in [2.05, 4.69) is 10.8 Å². The molecule has 1 N–H and O–H groups in total. The maximum absolute atomic E-state index is 12.6. The average molecular weight is 336 g/mol. The highest BCUT2D eigenvalue weighted by molar-refractivity contribution is 7.89. The molecule has 2 aromatic rings. The third kappa shape index (κ3) is 3.05. The number of halogens is 1. The first-order chi connectivity index (χ1) is 10.5. The molecule has 0 fully saturated rings. The molecule has 1 aliphatic carbocycles. The number of rotatable bonds is 3. The fourth-order valence-corrected chi connectivity index (χ4v) is 4.39. The number of sulfonamides is 1. The highest BCUT2D eigenvalue weighted by atomic mass is 35.5. The van der Waals surface area contributed by atoms with Gasteiger partial charge in [0.05, 0.1) is 4.90 Å². The zero-order chi connectivity index (χ0) is 15.7. The van der Waals surface area contributed by atoms with E-state index >= 15 is 0 Å². The standard InChI is InChI=1S/C17H18ClNO2S/c1-12-9-10-14(11-16(12)18)22(20,21)19-17-8-4-6-13-5-2-3-7-15(13)17/h2-3,5,7,9-11,17,19H,4,6,8H2,1H3. The number of fused-ring (bicyclic) bond motifs is 1.